The molecule has 1 heterocycles. The fraction of sp³-hybridized carbons (Fsp3) is 0.524. The molecule has 0 aliphatic heterocycles. The number of hydrogen-bond donors (Lipinski definition) is 2. The van der Waals surface area contributed by atoms with Crippen LogP contribution in [0.2, 0.25) is 0 Å². The molecule has 0 spiro atoms. The average molecular weight is 392 g/mol. The molecule has 27 heavy (non-hydrogen) atoms. The first kappa shape index (κ1) is 21.4. The topological polar surface area (TPSA) is 83.6 Å². The smallest absolute Gasteiger partial charge is 0.309 e. The number of aryl methyl sites for hydroxylation is 1. The van der Waals surface area contributed by atoms with E-state index >= 15 is 0 Å². The molecule has 1 aromatic carbocycles. The zero-order valence-corrected chi connectivity index (χ0v) is 18.0. The van der Waals surface area contributed by atoms with Gasteiger partial charge in [0.05, 0.1) is 17.9 Å². The monoisotopic (exact) mass is 391 g/mol. The number of hydrogen-bond acceptors (Lipinski definition) is 5. The first-order chi connectivity index (χ1) is 12.3. The van der Waals surface area contributed by atoms with Crippen LogP contribution in [-0.4, -0.2) is 21.2 Å². The van der Waals surface area contributed by atoms with E-state index in [1.54, 1.807) is 18.7 Å². The standard InChI is InChI=1S/C21H29NO4S/c1-12-16(10-18(23)24)22-17(26-12)11-27-13-8-14(20(2,3)4)19(25)15(9-13)21(5,6)7/h8-9,25H,10-11H2,1-7H3,(H,23,24). The van der Waals surface area contributed by atoms with Crippen LogP contribution >= 0.6 is 11.8 Å². The van der Waals surface area contributed by atoms with Gasteiger partial charge in [0.15, 0.2) is 0 Å². The van der Waals surface area contributed by atoms with Gasteiger partial charge in [-0.2, -0.15) is 0 Å². The van der Waals surface area contributed by atoms with E-state index in [2.05, 4.69) is 46.5 Å². The maximum Gasteiger partial charge on any atom is 0.309 e. The van der Waals surface area contributed by atoms with E-state index in [1.807, 2.05) is 12.1 Å². The van der Waals surface area contributed by atoms with Gasteiger partial charge in [0.25, 0.3) is 0 Å². The van der Waals surface area contributed by atoms with Gasteiger partial charge >= 0.3 is 5.97 Å². The van der Waals surface area contributed by atoms with Crippen molar-refractivity contribution in [2.45, 2.75) is 76.4 Å². The van der Waals surface area contributed by atoms with Gasteiger partial charge in [0, 0.05) is 16.0 Å². The van der Waals surface area contributed by atoms with Crippen LogP contribution < -0.4 is 0 Å². The highest BCUT2D eigenvalue weighted by Gasteiger charge is 2.26. The number of aromatic nitrogens is 1. The molecule has 0 aliphatic carbocycles. The molecule has 0 fully saturated rings. The lowest BCUT2D eigenvalue weighted by Crippen LogP contribution is -2.17. The van der Waals surface area contributed by atoms with Gasteiger partial charge in [-0.3, -0.25) is 4.79 Å². The van der Waals surface area contributed by atoms with Gasteiger partial charge < -0.3 is 14.6 Å². The number of benzene rings is 1. The molecule has 5 nitrogen and oxygen atoms in total. The first-order valence-corrected chi connectivity index (χ1v) is 9.95. The third-order valence-corrected chi connectivity index (χ3v) is 5.28. The second-order valence-electron chi connectivity index (χ2n) is 8.84. The van der Waals surface area contributed by atoms with E-state index in [4.69, 9.17) is 9.52 Å². The minimum absolute atomic E-state index is 0.137. The second-order valence-corrected chi connectivity index (χ2v) is 9.89. The minimum Gasteiger partial charge on any atom is -0.507 e. The van der Waals surface area contributed by atoms with Crippen LogP contribution in [0.3, 0.4) is 0 Å². The van der Waals surface area contributed by atoms with Crippen molar-refractivity contribution >= 4 is 17.7 Å². The predicted octanol–water partition coefficient (Wildman–Crippen LogP) is 5.20. The van der Waals surface area contributed by atoms with E-state index in [-0.39, 0.29) is 17.3 Å². The molecule has 0 amide bonds. The summed E-state index contributed by atoms with van der Waals surface area (Å²) in [5.74, 6) is 0.989. The molecular formula is C21H29NO4S. The Hall–Kier alpha value is -1.95. The summed E-state index contributed by atoms with van der Waals surface area (Å²) in [7, 11) is 0. The molecule has 0 aliphatic rings. The highest BCUT2D eigenvalue weighted by Crippen LogP contribution is 2.42. The van der Waals surface area contributed by atoms with Crippen molar-refractivity contribution in [2.75, 3.05) is 0 Å². The summed E-state index contributed by atoms with van der Waals surface area (Å²) in [6.45, 7) is 14.2. The third kappa shape index (κ3) is 5.28. The molecule has 148 valence electrons. The van der Waals surface area contributed by atoms with E-state index in [0.29, 0.717) is 28.8 Å². The number of thioether (sulfide) groups is 1. The molecular weight excluding hydrogens is 362 g/mol. The van der Waals surface area contributed by atoms with Crippen molar-refractivity contribution in [2.24, 2.45) is 0 Å². The Kier molecular flexibility index (Phi) is 6.00. The summed E-state index contributed by atoms with van der Waals surface area (Å²) in [6, 6.07) is 4.03. The lowest BCUT2D eigenvalue weighted by molar-refractivity contribution is -0.136. The van der Waals surface area contributed by atoms with Crippen LogP contribution in [-0.2, 0) is 27.8 Å². The van der Waals surface area contributed by atoms with E-state index in [0.717, 1.165) is 16.0 Å². The highest BCUT2D eigenvalue weighted by atomic mass is 32.2. The van der Waals surface area contributed by atoms with Crippen LogP contribution in [0, 0.1) is 6.92 Å². The number of phenolic OH excluding ortho intramolecular Hbond substituents is 1. The first-order valence-electron chi connectivity index (χ1n) is 8.96. The Morgan fingerprint density at radius 2 is 1.63 bits per heavy atom. The summed E-state index contributed by atoms with van der Waals surface area (Å²) in [5, 5.41) is 19.7. The highest BCUT2D eigenvalue weighted by molar-refractivity contribution is 7.98. The third-order valence-electron chi connectivity index (χ3n) is 4.32. The maximum atomic E-state index is 10.9. The van der Waals surface area contributed by atoms with Crippen LogP contribution in [0.25, 0.3) is 0 Å². The molecule has 2 aromatic rings. The Morgan fingerprint density at radius 1 is 1.11 bits per heavy atom. The van der Waals surface area contributed by atoms with Gasteiger partial charge in [-0.25, -0.2) is 4.98 Å². The van der Waals surface area contributed by atoms with Crippen LogP contribution in [0.4, 0.5) is 0 Å². The van der Waals surface area contributed by atoms with Gasteiger partial charge in [0.2, 0.25) is 5.89 Å². The van der Waals surface area contributed by atoms with Crippen molar-refractivity contribution in [1.29, 1.82) is 0 Å². The molecule has 2 rings (SSSR count). The number of nitrogens with zero attached hydrogens (tertiary/aromatic N) is 1. The quantitative estimate of drug-likeness (QED) is 0.681. The Labute approximate surface area is 165 Å². The predicted molar refractivity (Wildman–Crippen MR) is 108 cm³/mol. The zero-order valence-electron chi connectivity index (χ0n) is 17.1. The Morgan fingerprint density at radius 3 is 2.07 bits per heavy atom. The molecule has 2 N–H and O–H groups in total. The Bertz CT molecular complexity index is 806. The molecule has 6 heteroatoms. The second kappa shape index (κ2) is 7.58. The van der Waals surface area contributed by atoms with Gasteiger partial charge in [-0.05, 0) is 29.9 Å². The number of carbonyl (C=O) groups is 1. The molecule has 0 bridgehead atoms. The zero-order chi connectivity index (χ0) is 20.6. The molecule has 1 aromatic heterocycles. The number of rotatable bonds is 5. The van der Waals surface area contributed by atoms with Gasteiger partial charge in [-0.15, -0.1) is 11.8 Å². The summed E-state index contributed by atoms with van der Waals surface area (Å²) >= 11 is 1.57. The van der Waals surface area contributed by atoms with Crippen molar-refractivity contribution in [3.8, 4) is 5.75 Å². The fourth-order valence-corrected chi connectivity index (χ4v) is 3.65. The molecule has 0 saturated carbocycles. The van der Waals surface area contributed by atoms with E-state index in [1.165, 1.54) is 0 Å². The number of oxazole rings is 1. The number of carboxylic acid groups (broad SMARTS) is 1. The molecule has 0 unspecified atom stereocenters. The largest absolute Gasteiger partial charge is 0.507 e. The van der Waals surface area contributed by atoms with Crippen molar-refractivity contribution in [3.05, 3.63) is 40.6 Å². The van der Waals surface area contributed by atoms with Gasteiger partial charge in [-0.1, -0.05) is 41.5 Å². The number of aromatic hydroxyl groups is 1. The van der Waals surface area contributed by atoms with E-state index < -0.39 is 5.97 Å². The van der Waals surface area contributed by atoms with E-state index in [9.17, 15) is 9.90 Å². The van der Waals surface area contributed by atoms with Crippen LogP contribution in [0.1, 0.15) is 70.0 Å². The molecule has 0 atom stereocenters. The minimum atomic E-state index is -0.922. The number of phenols is 1. The van der Waals surface area contributed by atoms with Crippen molar-refractivity contribution < 1.29 is 19.4 Å². The summed E-state index contributed by atoms with van der Waals surface area (Å²) in [5.41, 5.74) is 1.92. The van der Waals surface area contributed by atoms with Crippen molar-refractivity contribution in [3.63, 3.8) is 0 Å². The molecule has 0 radical (unpaired) electrons. The Balaban J connectivity index is 2.32. The lowest BCUT2D eigenvalue weighted by atomic mass is 9.79. The normalized spacial score (nSPS) is 12.4. The summed E-state index contributed by atoms with van der Waals surface area (Å²) < 4.78 is 5.61. The summed E-state index contributed by atoms with van der Waals surface area (Å²) in [4.78, 5) is 16.2. The van der Waals surface area contributed by atoms with Crippen LogP contribution in [0.15, 0.2) is 21.4 Å². The average Bonchev–Trinajstić information content (AvgIpc) is 2.83. The summed E-state index contributed by atoms with van der Waals surface area (Å²) in [6.07, 6.45) is -0.137. The number of aliphatic carboxylic acids is 1. The SMILES string of the molecule is Cc1oc(CSc2cc(C(C)(C)C)c(O)c(C(C)(C)C)c2)nc1CC(=O)O. The fourth-order valence-electron chi connectivity index (χ4n) is 2.84. The van der Waals surface area contributed by atoms with Crippen molar-refractivity contribution in [1.82, 2.24) is 4.98 Å². The maximum absolute atomic E-state index is 10.9. The number of carboxylic acids is 1. The van der Waals surface area contributed by atoms with Crippen LogP contribution in [0.5, 0.6) is 5.75 Å². The molecule has 0 saturated heterocycles. The van der Waals surface area contributed by atoms with Gasteiger partial charge in [0.1, 0.15) is 11.5 Å². The lowest BCUT2D eigenvalue weighted by Gasteiger charge is -2.28.